The van der Waals surface area contributed by atoms with Crippen molar-refractivity contribution < 1.29 is 9.84 Å². The summed E-state index contributed by atoms with van der Waals surface area (Å²) in [5, 5.41) is 16.3. The third-order valence-electron chi connectivity index (χ3n) is 4.66. The van der Waals surface area contributed by atoms with E-state index in [1.54, 1.807) is 24.5 Å². The van der Waals surface area contributed by atoms with Gasteiger partial charge in [-0.05, 0) is 35.2 Å². The summed E-state index contributed by atoms with van der Waals surface area (Å²) in [6, 6.07) is 17.8. The Morgan fingerprint density at radius 3 is 2.67 bits per heavy atom. The number of phenolic OH excluding ortho intramolecular Hbond substituents is 1. The molecule has 0 saturated carbocycles. The Labute approximate surface area is 170 Å². The van der Waals surface area contributed by atoms with E-state index in [1.807, 2.05) is 30.3 Å². The number of hydrogen-bond donors (Lipinski definition) is 2. The van der Waals surface area contributed by atoms with Gasteiger partial charge < -0.3 is 9.84 Å². The maximum absolute atomic E-state index is 10.6. The van der Waals surface area contributed by atoms with E-state index in [2.05, 4.69) is 44.8 Å². The Kier molecular flexibility index (Phi) is 5.29. The lowest BCUT2D eigenvalue weighted by Crippen LogP contribution is -2.32. The van der Waals surface area contributed by atoms with Crippen LogP contribution in [0.2, 0.25) is 0 Å². The molecule has 0 fully saturated rings. The van der Waals surface area contributed by atoms with Crippen molar-refractivity contribution in [3.63, 3.8) is 0 Å². The first-order valence-corrected chi connectivity index (χ1v) is 10.3. The molecule has 3 aromatic rings. The first kappa shape index (κ1) is 18.2. The number of rotatable bonds is 4. The van der Waals surface area contributed by atoms with E-state index in [9.17, 15) is 5.11 Å². The number of para-hydroxylation sites is 1. The average Bonchev–Trinajstić information content (AvgIpc) is 3.23. The number of nitrogens with zero attached hydrogens (tertiary/aromatic N) is 1. The Bertz CT molecular complexity index is 955. The Morgan fingerprint density at radius 1 is 1.15 bits per heavy atom. The number of hydrogen-bond acceptors (Lipinski definition) is 5. The van der Waals surface area contributed by atoms with Gasteiger partial charge in [0.15, 0.2) is 11.5 Å². The van der Waals surface area contributed by atoms with Gasteiger partial charge >= 0.3 is 0 Å². The Morgan fingerprint density at radius 2 is 1.96 bits per heavy atom. The van der Waals surface area contributed by atoms with Crippen LogP contribution in [-0.2, 0) is 0 Å². The molecule has 2 N–H and O–H groups in total. The van der Waals surface area contributed by atoms with Gasteiger partial charge in [-0.15, -0.1) is 11.3 Å². The number of aliphatic imine (C=N–C) groups is 1. The van der Waals surface area contributed by atoms with Crippen LogP contribution in [-0.4, -0.2) is 17.9 Å². The fourth-order valence-electron chi connectivity index (χ4n) is 3.30. The normalized spacial score (nSPS) is 19.6. The number of halogens is 1. The summed E-state index contributed by atoms with van der Waals surface area (Å²) in [6.45, 7) is 0. The van der Waals surface area contributed by atoms with Crippen molar-refractivity contribution in [3.8, 4) is 11.5 Å². The van der Waals surface area contributed by atoms with Crippen LogP contribution in [0.5, 0.6) is 11.5 Å². The van der Waals surface area contributed by atoms with Crippen LogP contribution in [0, 0.1) is 0 Å². The van der Waals surface area contributed by atoms with Gasteiger partial charge in [0.1, 0.15) is 6.17 Å². The van der Waals surface area contributed by atoms with Crippen LogP contribution in [0.3, 0.4) is 0 Å². The van der Waals surface area contributed by atoms with Gasteiger partial charge in [-0.1, -0.05) is 46.3 Å². The smallest absolute Gasteiger partial charge is 0.162 e. The van der Waals surface area contributed by atoms with Crippen molar-refractivity contribution in [2.75, 3.05) is 7.11 Å². The summed E-state index contributed by atoms with van der Waals surface area (Å²) in [5.41, 5.74) is 2.93. The molecule has 2 aromatic carbocycles. The number of nitrogens with one attached hydrogen (secondary N) is 1. The van der Waals surface area contributed by atoms with Crippen molar-refractivity contribution in [1.29, 1.82) is 0 Å². The van der Waals surface area contributed by atoms with E-state index < -0.39 is 0 Å². The van der Waals surface area contributed by atoms with E-state index in [4.69, 9.17) is 9.73 Å². The van der Waals surface area contributed by atoms with E-state index in [0.717, 1.165) is 26.2 Å². The van der Waals surface area contributed by atoms with Gasteiger partial charge in [-0.25, -0.2) is 0 Å². The zero-order chi connectivity index (χ0) is 18.8. The lowest BCUT2D eigenvalue weighted by atomic mass is 9.94. The summed E-state index contributed by atoms with van der Waals surface area (Å²) in [6.07, 6.45) is 0.539. The molecule has 27 heavy (non-hydrogen) atoms. The zero-order valence-corrected chi connectivity index (χ0v) is 17.1. The third kappa shape index (κ3) is 3.78. The minimum absolute atomic E-state index is 0.0663. The minimum Gasteiger partial charge on any atom is -0.504 e. The molecule has 2 heterocycles. The molecule has 4 rings (SSSR count). The van der Waals surface area contributed by atoms with Gasteiger partial charge in [-0.2, -0.15) is 0 Å². The molecule has 2 atom stereocenters. The van der Waals surface area contributed by atoms with Crippen molar-refractivity contribution in [3.05, 3.63) is 80.5 Å². The van der Waals surface area contributed by atoms with Crippen LogP contribution in [0.15, 0.2) is 69.4 Å². The quantitative estimate of drug-likeness (QED) is 0.564. The van der Waals surface area contributed by atoms with E-state index in [-0.39, 0.29) is 18.0 Å². The maximum Gasteiger partial charge on any atom is 0.162 e. The molecule has 1 aromatic heterocycles. The largest absolute Gasteiger partial charge is 0.504 e. The SMILES string of the molecule is COc1cccc(C2CC(c3ccc(Br)cc3)=NC(c3cccs3)N2)c1O. The molecule has 0 saturated heterocycles. The highest BCUT2D eigenvalue weighted by atomic mass is 79.9. The number of thiophene rings is 1. The fourth-order valence-corrected chi connectivity index (χ4v) is 4.29. The number of benzene rings is 2. The van der Waals surface area contributed by atoms with E-state index >= 15 is 0 Å². The van der Waals surface area contributed by atoms with Gasteiger partial charge in [0.2, 0.25) is 0 Å². The van der Waals surface area contributed by atoms with Crippen molar-refractivity contribution in [1.82, 2.24) is 5.32 Å². The topological polar surface area (TPSA) is 53.8 Å². The Balaban J connectivity index is 1.74. The van der Waals surface area contributed by atoms with Crippen LogP contribution in [0.4, 0.5) is 0 Å². The summed E-state index contributed by atoms with van der Waals surface area (Å²) >= 11 is 5.16. The molecular formula is C21H19BrN2O2S. The Hall–Kier alpha value is -2.15. The monoisotopic (exact) mass is 442 g/mol. The fraction of sp³-hybridized carbons (Fsp3) is 0.190. The molecule has 0 bridgehead atoms. The number of methoxy groups -OCH3 is 1. The lowest BCUT2D eigenvalue weighted by molar-refractivity contribution is 0.361. The number of aromatic hydroxyl groups is 1. The van der Waals surface area contributed by atoms with Crippen molar-refractivity contribution in [2.24, 2.45) is 4.99 Å². The van der Waals surface area contributed by atoms with Gasteiger partial charge in [-0.3, -0.25) is 10.3 Å². The lowest BCUT2D eigenvalue weighted by Gasteiger charge is -2.30. The van der Waals surface area contributed by atoms with Crippen LogP contribution < -0.4 is 10.1 Å². The highest BCUT2D eigenvalue weighted by molar-refractivity contribution is 9.10. The molecule has 1 aliphatic rings. The van der Waals surface area contributed by atoms with Gasteiger partial charge in [0.05, 0.1) is 7.11 Å². The summed E-state index contributed by atoms with van der Waals surface area (Å²) in [4.78, 5) is 6.11. The molecule has 2 unspecified atom stereocenters. The van der Waals surface area contributed by atoms with E-state index in [0.29, 0.717) is 12.2 Å². The predicted molar refractivity (Wildman–Crippen MR) is 113 cm³/mol. The molecule has 0 spiro atoms. The first-order chi connectivity index (χ1) is 13.2. The summed E-state index contributed by atoms with van der Waals surface area (Å²) in [5.74, 6) is 0.661. The minimum atomic E-state index is -0.145. The third-order valence-corrected chi connectivity index (χ3v) is 6.11. The standard InChI is InChI=1S/C21H19BrN2O2S/c1-26-18-5-2-4-15(20(18)25)17-12-16(13-7-9-14(22)10-8-13)23-21(24-17)19-6-3-11-27-19/h2-11,17,21,24-25H,12H2,1H3. The van der Waals surface area contributed by atoms with Crippen LogP contribution >= 0.6 is 27.3 Å². The number of ether oxygens (including phenoxy) is 1. The zero-order valence-electron chi connectivity index (χ0n) is 14.7. The summed E-state index contributed by atoms with van der Waals surface area (Å²) in [7, 11) is 1.57. The molecule has 6 heteroatoms. The van der Waals surface area contributed by atoms with Crippen LogP contribution in [0.25, 0.3) is 0 Å². The molecule has 1 aliphatic heterocycles. The molecule has 138 valence electrons. The van der Waals surface area contributed by atoms with Gasteiger partial charge in [0.25, 0.3) is 0 Å². The van der Waals surface area contributed by atoms with Crippen molar-refractivity contribution in [2.45, 2.75) is 18.6 Å². The first-order valence-electron chi connectivity index (χ1n) is 8.63. The van der Waals surface area contributed by atoms with Crippen LogP contribution in [0.1, 0.15) is 34.6 Å². The molecule has 0 radical (unpaired) electrons. The predicted octanol–water partition coefficient (Wildman–Crippen LogP) is 5.45. The van der Waals surface area contributed by atoms with E-state index in [1.165, 1.54) is 0 Å². The van der Waals surface area contributed by atoms with Gasteiger partial charge in [0, 0.05) is 33.1 Å². The second-order valence-electron chi connectivity index (χ2n) is 6.32. The second kappa shape index (κ2) is 7.84. The highest BCUT2D eigenvalue weighted by Crippen LogP contribution is 2.39. The molecular weight excluding hydrogens is 424 g/mol. The molecule has 0 amide bonds. The molecule has 4 nitrogen and oxygen atoms in total. The average molecular weight is 443 g/mol. The van der Waals surface area contributed by atoms with Crippen molar-refractivity contribution >= 4 is 33.0 Å². The molecule has 0 aliphatic carbocycles. The number of phenols is 1. The summed E-state index contributed by atoms with van der Waals surface area (Å²) < 4.78 is 6.33. The maximum atomic E-state index is 10.6. The highest BCUT2D eigenvalue weighted by Gasteiger charge is 2.28. The second-order valence-corrected chi connectivity index (χ2v) is 8.22.